The lowest BCUT2D eigenvalue weighted by molar-refractivity contribution is -0.209. The molecule has 8 rings (SSSR count). The van der Waals surface area contributed by atoms with Crippen LogP contribution in [0.3, 0.4) is 0 Å². The topological polar surface area (TPSA) is 76.2 Å². The number of rotatable bonds is 8. The molecular weight excluding hydrogens is 443 g/mol. The van der Waals surface area contributed by atoms with Crippen molar-refractivity contribution in [2.45, 2.75) is 50.9 Å². The summed E-state index contributed by atoms with van der Waals surface area (Å²) < 4.78 is 17.6. The van der Waals surface area contributed by atoms with Crippen LogP contribution in [0.15, 0.2) is 49.3 Å². The van der Waals surface area contributed by atoms with Gasteiger partial charge in [0.05, 0.1) is 24.1 Å². The molecule has 0 amide bonds. The van der Waals surface area contributed by atoms with Gasteiger partial charge in [-0.05, 0) is 55.2 Å². The summed E-state index contributed by atoms with van der Waals surface area (Å²) in [5.74, 6) is 0.679. The van der Waals surface area contributed by atoms with Gasteiger partial charge in [0, 0.05) is 50.3 Å². The minimum Gasteiger partial charge on any atom is -0.370 e. The lowest BCUT2D eigenvalue weighted by Crippen LogP contribution is -2.67. The monoisotopic (exact) mass is 472 g/mol. The van der Waals surface area contributed by atoms with E-state index in [0.29, 0.717) is 12.4 Å². The Labute approximate surface area is 203 Å². The van der Waals surface area contributed by atoms with Crippen LogP contribution in [-0.4, -0.2) is 54.4 Å². The second-order valence-corrected chi connectivity index (χ2v) is 10.7. The molecule has 8 nitrogen and oxygen atoms in total. The first-order chi connectivity index (χ1) is 17.0. The lowest BCUT2D eigenvalue weighted by atomic mass is 9.42. The van der Waals surface area contributed by atoms with E-state index in [1.807, 2.05) is 29.3 Å². The van der Waals surface area contributed by atoms with Crippen molar-refractivity contribution in [3.63, 3.8) is 0 Å². The fraction of sp³-hybridized carbons (Fsp3) is 0.462. The molecule has 3 saturated carbocycles. The summed E-state index contributed by atoms with van der Waals surface area (Å²) in [6, 6.07) is 6.27. The molecule has 0 spiro atoms. The van der Waals surface area contributed by atoms with Gasteiger partial charge < -0.3 is 14.6 Å². The van der Waals surface area contributed by atoms with Gasteiger partial charge in [-0.25, -0.2) is 19.0 Å². The van der Waals surface area contributed by atoms with Crippen LogP contribution in [0.4, 0.5) is 10.1 Å². The van der Waals surface area contributed by atoms with Crippen molar-refractivity contribution in [3.8, 4) is 11.4 Å². The molecule has 5 heterocycles. The van der Waals surface area contributed by atoms with Gasteiger partial charge in [-0.15, -0.1) is 0 Å². The Kier molecular flexibility index (Phi) is 4.70. The summed E-state index contributed by atoms with van der Waals surface area (Å²) >= 11 is 0. The van der Waals surface area contributed by atoms with Crippen molar-refractivity contribution in [2.24, 2.45) is 5.41 Å². The summed E-state index contributed by atoms with van der Waals surface area (Å²) in [6.45, 7) is 4.39. The molecule has 0 unspecified atom stereocenters. The van der Waals surface area contributed by atoms with Gasteiger partial charge in [0.1, 0.15) is 17.6 Å². The fourth-order valence-corrected chi connectivity index (χ4v) is 6.16. The molecule has 3 aliphatic carbocycles. The van der Waals surface area contributed by atoms with E-state index in [0.717, 1.165) is 68.0 Å². The first-order valence-electron chi connectivity index (χ1n) is 12.5. The van der Waals surface area contributed by atoms with Crippen molar-refractivity contribution in [1.29, 1.82) is 0 Å². The van der Waals surface area contributed by atoms with Gasteiger partial charge in [0.25, 0.3) is 0 Å². The molecule has 4 aromatic rings. The first-order valence-corrected chi connectivity index (χ1v) is 12.5. The molecule has 2 bridgehead atoms. The smallest absolute Gasteiger partial charge is 0.182 e. The third kappa shape index (κ3) is 3.87. The van der Waals surface area contributed by atoms with Gasteiger partial charge in [0.15, 0.2) is 5.82 Å². The Morgan fingerprint density at radius 2 is 1.91 bits per heavy atom. The first kappa shape index (κ1) is 21.0. The van der Waals surface area contributed by atoms with Gasteiger partial charge >= 0.3 is 0 Å². The van der Waals surface area contributed by atoms with E-state index in [1.54, 1.807) is 6.33 Å². The van der Waals surface area contributed by atoms with Crippen LogP contribution in [0, 0.1) is 5.41 Å². The van der Waals surface area contributed by atoms with Crippen molar-refractivity contribution >= 4 is 11.3 Å². The summed E-state index contributed by atoms with van der Waals surface area (Å²) in [4.78, 5) is 16.0. The summed E-state index contributed by atoms with van der Waals surface area (Å²) in [5.41, 5.74) is 4.49. The van der Waals surface area contributed by atoms with E-state index in [1.165, 1.54) is 18.4 Å². The largest absolute Gasteiger partial charge is 0.370 e. The highest BCUT2D eigenvalue weighted by atomic mass is 19.1. The summed E-state index contributed by atoms with van der Waals surface area (Å²) in [6.07, 6.45) is 14.3. The Morgan fingerprint density at radius 1 is 1.06 bits per heavy atom. The number of nitrogens with one attached hydrogen (secondary N) is 1. The highest BCUT2D eigenvalue weighted by Crippen LogP contribution is 2.69. The third-order valence-corrected chi connectivity index (χ3v) is 7.78. The molecule has 35 heavy (non-hydrogen) atoms. The van der Waals surface area contributed by atoms with E-state index in [2.05, 4.69) is 48.0 Å². The maximum Gasteiger partial charge on any atom is 0.182 e. The zero-order valence-electron chi connectivity index (χ0n) is 19.7. The molecule has 4 aromatic heterocycles. The molecule has 9 heteroatoms. The maximum atomic E-state index is 13.7. The number of hydrogen-bond donors (Lipinski definition) is 1. The van der Waals surface area contributed by atoms with Gasteiger partial charge in [0.2, 0.25) is 0 Å². The van der Waals surface area contributed by atoms with Crippen molar-refractivity contribution in [3.05, 3.63) is 60.6 Å². The van der Waals surface area contributed by atoms with Crippen LogP contribution in [0.5, 0.6) is 0 Å². The zero-order valence-corrected chi connectivity index (χ0v) is 19.7. The standard InChI is InChI=1S/C26H29FN8/c27-26-14-25(15-26,16-26)17-29-8-19-3-4-23-31-21(12-34(23)11-19)13-35-18-30-24(32-35)20-7-22(10-28-9-20)33-5-1-2-6-33/h3-4,7,9-12,18,29H,1-2,5-6,8,13-17H2. The van der Waals surface area contributed by atoms with Crippen LogP contribution < -0.4 is 10.2 Å². The van der Waals surface area contributed by atoms with Crippen LogP contribution in [-0.2, 0) is 13.1 Å². The maximum absolute atomic E-state index is 13.7. The zero-order chi connectivity index (χ0) is 23.5. The van der Waals surface area contributed by atoms with Gasteiger partial charge in [-0.2, -0.15) is 5.10 Å². The normalized spacial score (nSPS) is 25.1. The molecule has 4 aliphatic rings. The van der Waals surface area contributed by atoms with Crippen LogP contribution in [0.25, 0.3) is 17.0 Å². The molecule has 0 atom stereocenters. The molecule has 4 fully saturated rings. The molecule has 180 valence electrons. The predicted molar refractivity (Wildman–Crippen MR) is 131 cm³/mol. The van der Waals surface area contributed by atoms with E-state index in [-0.39, 0.29) is 5.41 Å². The number of aromatic nitrogens is 6. The Hall–Kier alpha value is -3.33. The number of hydrogen-bond acceptors (Lipinski definition) is 6. The second kappa shape index (κ2) is 7.84. The highest BCUT2D eigenvalue weighted by molar-refractivity contribution is 5.61. The number of alkyl halides is 1. The SMILES string of the molecule is FC12CC(CNCc3ccc4nc(Cn5cnc(-c6cncc(N7CCCC7)c6)n5)cn4c3)(C1)C2. The second-order valence-electron chi connectivity index (χ2n) is 10.7. The summed E-state index contributed by atoms with van der Waals surface area (Å²) in [5, 5.41) is 8.20. The molecule has 0 aromatic carbocycles. The van der Waals surface area contributed by atoms with E-state index in [9.17, 15) is 4.39 Å². The highest BCUT2D eigenvalue weighted by Gasteiger charge is 2.68. The van der Waals surface area contributed by atoms with E-state index < -0.39 is 5.67 Å². The van der Waals surface area contributed by atoms with Crippen LogP contribution in [0.1, 0.15) is 43.4 Å². The van der Waals surface area contributed by atoms with Gasteiger partial charge in [-0.3, -0.25) is 4.98 Å². The van der Waals surface area contributed by atoms with Crippen molar-refractivity contribution in [2.75, 3.05) is 24.5 Å². The third-order valence-electron chi connectivity index (χ3n) is 7.78. The Morgan fingerprint density at radius 3 is 2.74 bits per heavy atom. The minimum absolute atomic E-state index is 0.225. The van der Waals surface area contributed by atoms with Crippen molar-refractivity contribution in [1.82, 2.24) is 34.4 Å². The van der Waals surface area contributed by atoms with Crippen LogP contribution in [0.2, 0.25) is 0 Å². The quantitative estimate of drug-likeness (QED) is 0.422. The summed E-state index contributed by atoms with van der Waals surface area (Å²) in [7, 11) is 0. The fourth-order valence-electron chi connectivity index (χ4n) is 6.16. The molecule has 1 aliphatic heterocycles. The van der Waals surface area contributed by atoms with Crippen molar-refractivity contribution < 1.29 is 4.39 Å². The molecule has 0 radical (unpaired) electrons. The van der Waals surface area contributed by atoms with Gasteiger partial charge in [-0.1, -0.05) is 6.07 Å². The molecular formula is C26H29FN8. The van der Waals surface area contributed by atoms with Crippen LogP contribution >= 0.6 is 0 Å². The number of nitrogens with zero attached hydrogens (tertiary/aromatic N) is 7. The number of imidazole rings is 1. The number of fused-ring (bicyclic) bond motifs is 1. The average Bonchev–Trinajstić information content (AvgIpc) is 3.58. The minimum atomic E-state index is -0.826. The Bertz CT molecular complexity index is 1370. The predicted octanol–water partition coefficient (Wildman–Crippen LogP) is 3.62. The number of anilines is 1. The van der Waals surface area contributed by atoms with E-state index >= 15 is 0 Å². The molecule has 1 saturated heterocycles. The molecule has 1 N–H and O–H groups in total. The Balaban J connectivity index is 1.01. The van der Waals surface area contributed by atoms with E-state index in [4.69, 9.17) is 4.98 Å². The lowest BCUT2D eigenvalue weighted by Gasteiger charge is -2.66. The number of halogens is 1. The number of pyridine rings is 2. The average molecular weight is 473 g/mol.